The third-order valence-corrected chi connectivity index (χ3v) is 2.09. The Morgan fingerprint density at radius 3 is 2.53 bits per heavy atom. The second-order valence-electron chi connectivity index (χ2n) is 3.71. The van der Waals surface area contributed by atoms with Gasteiger partial charge < -0.3 is 9.15 Å². The Labute approximate surface area is 90.4 Å². The second-order valence-corrected chi connectivity index (χ2v) is 3.71. The minimum atomic E-state index is -0.287. The molecular formula is C12H18O3. The van der Waals surface area contributed by atoms with Crippen LogP contribution in [0.3, 0.4) is 0 Å². The summed E-state index contributed by atoms with van der Waals surface area (Å²) in [5, 5.41) is 0. The lowest BCUT2D eigenvalue weighted by atomic mass is 10.2. The maximum Gasteiger partial charge on any atom is 0.341 e. The van der Waals surface area contributed by atoms with Gasteiger partial charge in [0.25, 0.3) is 0 Å². The number of hydrogen-bond donors (Lipinski definition) is 0. The molecule has 0 amide bonds. The number of ether oxygens (including phenoxy) is 1. The number of esters is 1. The lowest BCUT2D eigenvalue weighted by molar-refractivity contribution is 0.0375. The zero-order valence-corrected chi connectivity index (χ0v) is 9.79. The Morgan fingerprint density at radius 2 is 2.07 bits per heavy atom. The van der Waals surface area contributed by atoms with Crippen molar-refractivity contribution in [3.63, 3.8) is 0 Å². The topological polar surface area (TPSA) is 39.4 Å². The van der Waals surface area contributed by atoms with Gasteiger partial charge >= 0.3 is 5.97 Å². The van der Waals surface area contributed by atoms with Crippen LogP contribution in [0.5, 0.6) is 0 Å². The fourth-order valence-corrected chi connectivity index (χ4v) is 1.37. The van der Waals surface area contributed by atoms with Gasteiger partial charge in [-0.15, -0.1) is 0 Å². The SMILES string of the molecule is CCc1cc(C(=O)OC(C)C)c(CC)o1. The highest BCUT2D eigenvalue weighted by Crippen LogP contribution is 2.18. The van der Waals surface area contributed by atoms with E-state index >= 15 is 0 Å². The van der Waals surface area contributed by atoms with Gasteiger partial charge in [0.15, 0.2) is 0 Å². The maximum atomic E-state index is 11.7. The molecule has 1 heterocycles. The molecule has 0 fully saturated rings. The summed E-state index contributed by atoms with van der Waals surface area (Å²) in [7, 11) is 0. The highest BCUT2D eigenvalue weighted by atomic mass is 16.5. The first kappa shape index (κ1) is 11.8. The van der Waals surface area contributed by atoms with E-state index in [1.54, 1.807) is 6.07 Å². The van der Waals surface area contributed by atoms with E-state index in [4.69, 9.17) is 9.15 Å². The van der Waals surface area contributed by atoms with Gasteiger partial charge in [0.05, 0.1) is 6.10 Å². The van der Waals surface area contributed by atoms with Gasteiger partial charge in [-0.25, -0.2) is 4.79 Å². The predicted molar refractivity (Wildman–Crippen MR) is 58.0 cm³/mol. The first-order valence-electron chi connectivity index (χ1n) is 5.41. The van der Waals surface area contributed by atoms with E-state index < -0.39 is 0 Å². The molecule has 0 N–H and O–H groups in total. The van der Waals surface area contributed by atoms with E-state index in [1.165, 1.54) is 0 Å². The third-order valence-electron chi connectivity index (χ3n) is 2.09. The Bertz CT molecular complexity index is 337. The lowest BCUT2D eigenvalue weighted by Crippen LogP contribution is -2.12. The zero-order valence-electron chi connectivity index (χ0n) is 9.79. The molecule has 0 saturated heterocycles. The van der Waals surface area contributed by atoms with Gasteiger partial charge in [0, 0.05) is 12.8 Å². The summed E-state index contributed by atoms with van der Waals surface area (Å²) in [6.07, 6.45) is 1.41. The van der Waals surface area contributed by atoms with Gasteiger partial charge in [-0.3, -0.25) is 0 Å². The molecular weight excluding hydrogens is 192 g/mol. The Balaban J connectivity index is 2.91. The predicted octanol–water partition coefficient (Wildman–Crippen LogP) is 2.97. The molecule has 0 spiro atoms. The molecule has 1 aromatic rings. The van der Waals surface area contributed by atoms with E-state index in [2.05, 4.69) is 0 Å². The molecule has 0 aliphatic rings. The summed E-state index contributed by atoms with van der Waals surface area (Å²) in [4.78, 5) is 11.7. The monoisotopic (exact) mass is 210 g/mol. The van der Waals surface area contributed by atoms with E-state index in [-0.39, 0.29) is 12.1 Å². The summed E-state index contributed by atoms with van der Waals surface area (Å²) in [5.74, 6) is 1.27. The van der Waals surface area contributed by atoms with Crippen LogP contribution in [0.2, 0.25) is 0 Å². The summed E-state index contributed by atoms with van der Waals surface area (Å²) in [6, 6.07) is 1.78. The van der Waals surface area contributed by atoms with Gasteiger partial charge in [0.2, 0.25) is 0 Å². The first-order chi connectivity index (χ1) is 7.08. The molecule has 0 aromatic carbocycles. The summed E-state index contributed by atoms with van der Waals surface area (Å²) >= 11 is 0. The van der Waals surface area contributed by atoms with Crippen molar-refractivity contribution in [2.75, 3.05) is 0 Å². The van der Waals surface area contributed by atoms with Crippen LogP contribution < -0.4 is 0 Å². The van der Waals surface area contributed by atoms with E-state index in [1.807, 2.05) is 27.7 Å². The van der Waals surface area contributed by atoms with Crippen LogP contribution in [-0.2, 0) is 17.6 Å². The highest BCUT2D eigenvalue weighted by molar-refractivity contribution is 5.90. The first-order valence-corrected chi connectivity index (χ1v) is 5.41. The number of hydrogen-bond acceptors (Lipinski definition) is 3. The minimum absolute atomic E-state index is 0.0952. The van der Waals surface area contributed by atoms with Crippen molar-refractivity contribution in [3.8, 4) is 0 Å². The largest absolute Gasteiger partial charge is 0.465 e. The molecule has 3 nitrogen and oxygen atoms in total. The van der Waals surface area contributed by atoms with Crippen molar-refractivity contribution in [1.82, 2.24) is 0 Å². The molecule has 0 atom stereocenters. The van der Waals surface area contributed by atoms with Crippen molar-refractivity contribution in [2.45, 2.75) is 46.6 Å². The Morgan fingerprint density at radius 1 is 1.40 bits per heavy atom. The van der Waals surface area contributed by atoms with Gasteiger partial charge in [-0.2, -0.15) is 0 Å². The van der Waals surface area contributed by atoms with Crippen LogP contribution in [-0.4, -0.2) is 12.1 Å². The number of rotatable bonds is 4. The fourth-order valence-electron chi connectivity index (χ4n) is 1.37. The number of furan rings is 1. The minimum Gasteiger partial charge on any atom is -0.465 e. The van der Waals surface area contributed by atoms with Gasteiger partial charge in [0.1, 0.15) is 17.1 Å². The van der Waals surface area contributed by atoms with Crippen molar-refractivity contribution in [3.05, 3.63) is 23.2 Å². The normalized spacial score (nSPS) is 10.7. The lowest BCUT2D eigenvalue weighted by Gasteiger charge is -2.06. The van der Waals surface area contributed by atoms with Gasteiger partial charge in [-0.05, 0) is 19.9 Å². The quantitative estimate of drug-likeness (QED) is 0.717. The number of carbonyl (C=O) groups is 1. The van der Waals surface area contributed by atoms with Crippen LogP contribution >= 0.6 is 0 Å². The van der Waals surface area contributed by atoms with Crippen LogP contribution in [0.15, 0.2) is 10.5 Å². The standard InChI is InChI=1S/C12H18O3/c1-5-9-7-10(11(6-2)15-9)12(13)14-8(3)4/h7-8H,5-6H2,1-4H3. The molecule has 1 aromatic heterocycles. The van der Waals surface area contributed by atoms with Crippen LogP contribution in [0.4, 0.5) is 0 Å². The Kier molecular flexibility index (Phi) is 3.95. The summed E-state index contributed by atoms with van der Waals surface area (Å²) in [5.41, 5.74) is 0.572. The summed E-state index contributed by atoms with van der Waals surface area (Å²) < 4.78 is 10.7. The molecule has 84 valence electrons. The van der Waals surface area contributed by atoms with Crippen molar-refractivity contribution in [2.24, 2.45) is 0 Å². The third kappa shape index (κ3) is 2.85. The molecule has 0 aliphatic heterocycles. The molecule has 0 aliphatic carbocycles. The maximum absolute atomic E-state index is 11.7. The van der Waals surface area contributed by atoms with Crippen molar-refractivity contribution in [1.29, 1.82) is 0 Å². The van der Waals surface area contributed by atoms with Crippen LogP contribution in [0.1, 0.15) is 49.6 Å². The molecule has 1 rings (SSSR count). The van der Waals surface area contributed by atoms with E-state index in [0.29, 0.717) is 12.0 Å². The van der Waals surface area contributed by atoms with Gasteiger partial charge in [-0.1, -0.05) is 13.8 Å². The number of carbonyl (C=O) groups excluding carboxylic acids is 1. The number of aryl methyl sites for hydroxylation is 2. The van der Waals surface area contributed by atoms with Crippen molar-refractivity contribution >= 4 is 5.97 Å². The fraction of sp³-hybridized carbons (Fsp3) is 0.583. The molecule has 15 heavy (non-hydrogen) atoms. The molecule has 3 heteroatoms. The van der Waals surface area contributed by atoms with E-state index in [9.17, 15) is 4.79 Å². The average Bonchev–Trinajstić information content (AvgIpc) is 2.59. The molecule has 0 saturated carbocycles. The molecule has 0 radical (unpaired) electrons. The average molecular weight is 210 g/mol. The smallest absolute Gasteiger partial charge is 0.341 e. The van der Waals surface area contributed by atoms with Crippen LogP contribution in [0, 0.1) is 0 Å². The van der Waals surface area contributed by atoms with Crippen LogP contribution in [0.25, 0.3) is 0 Å². The van der Waals surface area contributed by atoms with Crippen molar-refractivity contribution < 1.29 is 13.9 Å². The molecule has 0 unspecified atom stereocenters. The highest BCUT2D eigenvalue weighted by Gasteiger charge is 2.18. The second kappa shape index (κ2) is 5.01. The summed E-state index contributed by atoms with van der Waals surface area (Å²) in [6.45, 7) is 7.63. The van der Waals surface area contributed by atoms with E-state index in [0.717, 1.165) is 17.9 Å². The molecule has 0 bridgehead atoms. The Hall–Kier alpha value is -1.25. The zero-order chi connectivity index (χ0) is 11.4.